The summed E-state index contributed by atoms with van der Waals surface area (Å²) in [4.78, 5) is 6.13. The van der Waals surface area contributed by atoms with Crippen LogP contribution in [-0.4, -0.2) is 18.1 Å². The van der Waals surface area contributed by atoms with Gasteiger partial charge in [-0.15, -0.1) is 0 Å². The van der Waals surface area contributed by atoms with Gasteiger partial charge in [-0.3, -0.25) is 0 Å². The minimum Gasteiger partial charge on any atom is -0.356 e. The first kappa shape index (κ1) is 7.53. The molecule has 12 heavy (non-hydrogen) atoms. The summed E-state index contributed by atoms with van der Waals surface area (Å²) in [5, 5.41) is 0. The smallest absolute Gasteiger partial charge is 0.141 e. The molecule has 2 rings (SSSR count). The zero-order valence-electron chi connectivity index (χ0n) is 7.00. The van der Waals surface area contributed by atoms with Gasteiger partial charge in [-0.25, -0.2) is 9.37 Å². The summed E-state index contributed by atoms with van der Waals surface area (Å²) in [5.41, 5.74) is 0. The van der Waals surface area contributed by atoms with Crippen molar-refractivity contribution >= 4 is 5.82 Å². The summed E-state index contributed by atoms with van der Waals surface area (Å²) >= 11 is 0. The molecule has 0 saturated carbocycles. The van der Waals surface area contributed by atoms with Crippen LogP contribution in [0.5, 0.6) is 0 Å². The third kappa shape index (κ3) is 1.26. The van der Waals surface area contributed by atoms with Gasteiger partial charge in [0.25, 0.3) is 0 Å². The maximum absolute atomic E-state index is 12.5. The average molecular weight is 166 g/mol. The first-order valence-corrected chi connectivity index (χ1v) is 4.12. The van der Waals surface area contributed by atoms with E-state index < -0.39 is 0 Å². The zero-order valence-corrected chi connectivity index (χ0v) is 7.00. The first-order valence-electron chi connectivity index (χ1n) is 4.12. The highest BCUT2D eigenvalue weighted by atomic mass is 19.1. The molecule has 1 saturated heterocycles. The predicted molar refractivity (Wildman–Crippen MR) is 45.6 cm³/mol. The highest BCUT2D eigenvalue weighted by molar-refractivity contribution is 5.40. The second-order valence-corrected chi connectivity index (χ2v) is 3.34. The molecule has 64 valence electrons. The van der Waals surface area contributed by atoms with Crippen LogP contribution in [0.15, 0.2) is 18.3 Å². The minimum absolute atomic E-state index is 0.271. The second kappa shape index (κ2) is 2.73. The summed E-state index contributed by atoms with van der Waals surface area (Å²) in [5.74, 6) is 1.36. The third-order valence-electron chi connectivity index (χ3n) is 2.10. The molecule has 0 spiro atoms. The van der Waals surface area contributed by atoms with Gasteiger partial charge in [0.05, 0.1) is 6.20 Å². The van der Waals surface area contributed by atoms with Gasteiger partial charge >= 0.3 is 0 Å². The maximum Gasteiger partial charge on any atom is 0.141 e. The van der Waals surface area contributed by atoms with Crippen LogP contribution < -0.4 is 4.90 Å². The molecule has 3 heteroatoms. The van der Waals surface area contributed by atoms with Crippen molar-refractivity contribution in [1.29, 1.82) is 0 Å². The number of nitrogens with zero attached hydrogens (tertiary/aromatic N) is 2. The monoisotopic (exact) mass is 166 g/mol. The van der Waals surface area contributed by atoms with E-state index in [2.05, 4.69) is 16.8 Å². The Balaban J connectivity index is 2.09. The number of aromatic nitrogens is 1. The molecule has 1 aliphatic heterocycles. The van der Waals surface area contributed by atoms with E-state index in [-0.39, 0.29) is 5.82 Å². The quantitative estimate of drug-likeness (QED) is 0.631. The summed E-state index contributed by atoms with van der Waals surface area (Å²) in [6.45, 7) is 4.28. The topological polar surface area (TPSA) is 16.1 Å². The lowest BCUT2D eigenvalue weighted by atomic mass is 10.0. The normalized spacial score (nSPS) is 17.7. The maximum atomic E-state index is 12.5. The molecule has 0 atom stereocenters. The Morgan fingerprint density at radius 2 is 2.25 bits per heavy atom. The van der Waals surface area contributed by atoms with E-state index in [1.165, 1.54) is 12.3 Å². The molecule has 0 N–H and O–H groups in total. The standard InChI is InChI=1S/C9H11FN2/c1-7-5-12(6-7)9-3-2-8(10)4-11-9/h2-4,7H,5-6H2,1H3. The second-order valence-electron chi connectivity index (χ2n) is 3.34. The third-order valence-corrected chi connectivity index (χ3v) is 2.10. The van der Waals surface area contributed by atoms with Gasteiger partial charge in [0.1, 0.15) is 11.6 Å². The fourth-order valence-corrected chi connectivity index (χ4v) is 1.44. The number of rotatable bonds is 1. The van der Waals surface area contributed by atoms with E-state index in [4.69, 9.17) is 0 Å². The molecule has 0 amide bonds. The first-order chi connectivity index (χ1) is 5.75. The fourth-order valence-electron chi connectivity index (χ4n) is 1.44. The summed E-state index contributed by atoms with van der Waals surface area (Å²) in [7, 11) is 0. The lowest BCUT2D eigenvalue weighted by Gasteiger charge is -2.38. The summed E-state index contributed by atoms with van der Waals surface area (Å²) < 4.78 is 12.5. The zero-order chi connectivity index (χ0) is 8.55. The van der Waals surface area contributed by atoms with Gasteiger partial charge in [0, 0.05) is 13.1 Å². The molecule has 2 heterocycles. The molecule has 0 aliphatic carbocycles. The molecule has 1 aliphatic rings. The SMILES string of the molecule is CC1CN(c2ccc(F)cn2)C1. The molecule has 0 aromatic carbocycles. The summed E-state index contributed by atoms with van der Waals surface area (Å²) in [6.07, 6.45) is 1.26. The van der Waals surface area contributed by atoms with Crippen LogP contribution in [0.3, 0.4) is 0 Å². The molecule has 1 fully saturated rings. The van der Waals surface area contributed by atoms with Gasteiger partial charge < -0.3 is 4.90 Å². The fraction of sp³-hybridized carbons (Fsp3) is 0.444. The van der Waals surface area contributed by atoms with Crippen molar-refractivity contribution in [2.75, 3.05) is 18.0 Å². The Labute approximate surface area is 71.0 Å². The molecule has 1 aromatic heterocycles. The predicted octanol–water partition coefficient (Wildman–Crippen LogP) is 1.68. The average Bonchev–Trinajstić information content (AvgIpc) is 2.01. The number of halogens is 1. The van der Waals surface area contributed by atoms with Gasteiger partial charge in [0.15, 0.2) is 0 Å². The number of hydrogen-bond donors (Lipinski definition) is 0. The highest BCUT2D eigenvalue weighted by Crippen LogP contribution is 2.21. The molecule has 0 unspecified atom stereocenters. The van der Waals surface area contributed by atoms with E-state index in [1.807, 2.05) is 0 Å². The Bertz CT molecular complexity index is 264. The van der Waals surface area contributed by atoms with Crippen LogP contribution in [0.25, 0.3) is 0 Å². The number of anilines is 1. The Kier molecular flexibility index (Phi) is 1.71. The van der Waals surface area contributed by atoms with Crippen molar-refractivity contribution in [2.45, 2.75) is 6.92 Å². The van der Waals surface area contributed by atoms with Crippen molar-refractivity contribution in [1.82, 2.24) is 4.98 Å². The largest absolute Gasteiger partial charge is 0.356 e. The number of hydrogen-bond acceptors (Lipinski definition) is 2. The molecule has 0 radical (unpaired) electrons. The molecule has 1 aromatic rings. The summed E-state index contributed by atoms with van der Waals surface area (Å²) in [6, 6.07) is 3.17. The van der Waals surface area contributed by atoms with Crippen molar-refractivity contribution in [3.8, 4) is 0 Å². The van der Waals surface area contributed by atoms with Crippen molar-refractivity contribution in [3.63, 3.8) is 0 Å². The van der Waals surface area contributed by atoms with Gasteiger partial charge in [-0.1, -0.05) is 6.92 Å². The highest BCUT2D eigenvalue weighted by Gasteiger charge is 2.23. The lowest BCUT2D eigenvalue weighted by Crippen LogP contribution is -2.45. The van der Waals surface area contributed by atoms with Crippen LogP contribution in [0, 0.1) is 11.7 Å². The van der Waals surface area contributed by atoms with Crippen LogP contribution in [0.2, 0.25) is 0 Å². The number of pyridine rings is 1. The van der Waals surface area contributed by atoms with E-state index in [9.17, 15) is 4.39 Å². The van der Waals surface area contributed by atoms with Crippen LogP contribution in [0.1, 0.15) is 6.92 Å². The van der Waals surface area contributed by atoms with Crippen molar-refractivity contribution in [2.24, 2.45) is 5.92 Å². The van der Waals surface area contributed by atoms with E-state index in [0.717, 1.165) is 24.8 Å². The molecular formula is C9H11FN2. The Morgan fingerprint density at radius 3 is 2.75 bits per heavy atom. The molecular weight excluding hydrogens is 155 g/mol. The van der Waals surface area contributed by atoms with Crippen LogP contribution in [0.4, 0.5) is 10.2 Å². The van der Waals surface area contributed by atoms with Crippen LogP contribution in [-0.2, 0) is 0 Å². The Morgan fingerprint density at radius 1 is 1.50 bits per heavy atom. The van der Waals surface area contributed by atoms with Crippen LogP contribution >= 0.6 is 0 Å². The minimum atomic E-state index is -0.271. The van der Waals surface area contributed by atoms with Crippen molar-refractivity contribution < 1.29 is 4.39 Å². The van der Waals surface area contributed by atoms with E-state index in [1.54, 1.807) is 6.07 Å². The van der Waals surface area contributed by atoms with Gasteiger partial charge in [-0.2, -0.15) is 0 Å². The van der Waals surface area contributed by atoms with Gasteiger partial charge in [0.2, 0.25) is 0 Å². The van der Waals surface area contributed by atoms with Gasteiger partial charge in [-0.05, 0) is 18.1 Å². The van der Waals surface area contributed by atoms with E-state index in [0.29, 0.717) is 0 Å². The lowest BCUT2D eigenvalue weighted by molar-refractivity contribution is 0.443. The molecule has 0 bridgehead atoms. The molecule has 2 nitrogen and oxygen atoms in total. The van der Waals surface area contributed by atoms with Crippen molar-refractivity contribution in [3.05, 3.63) is 24.1 Å². The Hall–Kier alpha value is -1.12. The van der Waals surface area contributed by atoms with E-state index >= 15 is 0 Å².